The van der Waals surface area contributed by atoms with E-state index in [1.807, 2.05) is 20.8 Å². The van der Waals surface area contributed by atoms with Crippen LogP contribution in [-0.2, 0) is 4.79 Å². The van der Waals surface area contributed by atoms with Gasteiger partial charge in [-0.1, -0.05) is 13.8 Å². The highest BCUT2D eigenvalue weighted by molar-refractivity contribution is 5.97. The third-order valence-electron chi connectivity index (χ3n) is 4.26. The van der Waals surface area contributed by atoms with Gasteiger partial charge in [-0.25, -0.2) is 5.43 Å². The van der Waals surface area contributed by atoms with Gasteiger partial charge in [0.15, 0.2) is 11.5 Å². The molecule has 0 saturated carbocycles. The van der Waals surface area contributed by atoms with Gasteiger partial charge in [0.2, 0.25) is 0 Å². The predicted octanol–water partition coefficient (Wildman–Crippen LogP) is 2.70. The molecule has 0 heterocycles. The van der Waals surface area contributed by atoms with Crippen molar-refractivity contribution in [1.82, 2.24) is 10.7 Å². The molecule has 2 aromatic carbocycles. The molecule has 0 fully saturated rings. The van der Waals surface area contributed by atoms with Gasteiger partial charge in [0.25, 0.3) is 11.8 Å². The van der Waals surface area contributed by atoms with Crippen LogP contribution in [0, 0.1) is 5.92 Å². The minimum Gasteiger partial charge on any atom is -0.504 e. The molecule has 30 heavy (non-hydrogen) atoms. The highest BCUT2D eigenvalue weighted by atomic mass is 16.5. The number of benzene rings is 2. The lowest BCUT2D eigenvalue weighted by Crippen LogP contribution is -2.48. The number of rotatable bonds is 9. The summed E-state index contributed by atoms with van der Waals surface area (Å²) in [4.78, 5) is 25.0. The van der Waals surface area contributed by atoms with E-state index in [1.54, 1.807) is 43.5 Å². The van der Waals surface area contributed by atoms with Crippen LogP contribution in [-0.4, -0.2) is 42.9 Å². The summed E-state index contributed by atoms with van der Waals surface area (Å²) in [6.07, 6.45) is 1.43. The zero-order chi connectivity index (χ0) is 22.1. The fourth-order valence-electron chi connectivity index (χ4n) is 2.62. The van der Waals surface area contributed by atoms with E-state index in [1.165, 1.54) is 12.3 Å². The zero-order valence-electron chi connectivity index (χ0n) is 17.5. The average molecular weight is 413 g/mol. The Bertz CT molecular complexity index is 894. The fraction of sp³-hybridized carbons (Fsp3) is 0.318. The number of amides is 2. The number of ether oxygens (including phenoxy) is 2. The topological polar surface area (TPSA) is 109 Å². The third-order valence-corrected chi connectivity index (χ3v) is 4.26. The van der Waals surface area contributed by atoms with Gasteiger partial charge in [0.1, 0.15) is 11.8 Å². The maximum atomic E-state index is 12.5. The van der Waals surface area contributed by atoms with E-state index in [2.05, 4.69) is 15.8 Å². The molecule has 1 atom stereocenters. The van der Waals surface area contributed by atoms with E-state index in [9.17, 15) is 14.7 Å². The van der Waals surface area contributed by atoms with Crippen LogP contribution in [0.25, 0.3) is 0 Å². The summed E-state index contributed by atoms with van der Waals surface area (Å²) in [6, 6.07) is 10.6. The van der Waals surface area contributed by atoms with Crippen LogP contribution in [0.3, 0.4) is 0 Å². The van der Waals surface area contributed by atoms with Gasteiger partial charge < -0.3 is 19.9 Å². The van der Waals surface area contributed by atoms with Crippen molar-refractivity contribution in [3.05, 3.63) is 53.6 Å². The second kappa shape index (κ2) is 10.8. The van der Waals surface area contributed by atoms with Crippen LogP contribution in [0.15, 0.2) is 47.6 Å². The minimum atomic E-state index is -0.768. The zero-order valence-corrected chi connectivity index (χ0v) is 17.5. The third kappa shape index (κ3) is 6.23. The molecule has 1 unspecified atom stereocenters. The summed E-state index contributed by atoms with van der Waals surface area (Å²) in [5.41, 5.74) is 3.51. The molecule has 8 heteroatoms. The second-order valence-corrected chi connectivity index (χ2v) is 6.82. The monoisotopic (exact) mass is 413 g/mol. The molecule has 8 nitrogen and oxygen atoms in total. The van der Waals surface area contributed by atoms with E-state index in [0.717, 1.165) is 0 Å². The quantitative estimate of drug-likeness (QED) is 0.433. The highest BCUT2D eigenvalue weighted by Gasteiger charge is 2.24. The number of hydrogen-bond donors (Lipinski definition) is 3. The Morgan fingerprint density at radius 1 is 1.17 bits per heavy atom. The van der Waals surface area contributed by atoms with Gasteiger partial charge in [-0.3, -0.25) is 9.59 Å². The van der Waals surface area contributed by atoms with Crippen LogP contribution in [0.5, 0.6) is 17.2 Å². The number of hydrogen-bond acceptors (Lipinski definition) is 6. The van der Waals surface area contributed by atoms with Crippen molar-refractivity contribution in [2.24, 2.45) is 11.0 Å². The van der Waals surface area contributed by atoms with Gasteiger partial charge in [-0.2, -0.15) is 5.10 Å². The molecule has 2 aromatic rings. The van der Waals surface area contributed by atoms with Crippen LogP contribution < -0.4 is 20.2 Å². The molecule has 160 valence electrons. The molecule has 2 amide bonds. The van der Waals surface area contributed by atoms with Crippen molar-refractivity contribution < 1.29 is 24.2 Å². The van der Waals surface area contributed by atoms with Crippen molar-refractivity contribution in [2.75, 3.05) is 13.7 Å². The van der Waals surface area contributed by atoms with Gasteiger partial charge in [0.05, 0.1) is 19.9 Å². The molecular formula is C22H27N3O5. The summed E-state index contributed by atoms with van der Waals surface area (Å²) < 4.78 is 10.4. The van der Waals surface area contributed by atoms with Gasteiger partial charge in [-0.15, -0.1) is 0 Å². The first-order chi connectivity index (χ1) is 14.3. The van der Waals surface area contributed by atoms with Crippen molar-refractivity contribution in [2.45, 2.75) is 26.8 Å². The molecule has 0 aliphatic rings. The van der Waals surface area contributed by atoms with E-state index in [0.29, 0.717) is 29.2 Å². The number of phenols is 1. The largest absolute Gasteiger partial charge is 0.504 e. The lowest BCUT2D eigenvalue weighted by atomic mass is 10.0. The normalized spacial score (nSPS) is 11.9. The molecule has 2 rings (SSSR count). The predicted molar refractivity (Wildman–Crippen MR) is 114 cm³/mol. The first kappa shape index (κ1) is 22.7. The van der Waals surface area contributed by atoms with Crippen LogP contribution in [0.1, 0.15) is 36.7 Å². The van der Waals surface area contributed by atoms with Gasteiger partial charge in [-0.05, 0) is 60.9 Å². The van der Waals surface area contributed by atoms with Crippen molar-refractivity contribution in [1.29, 1.82) is 0 Å². The highest BCUT2D eigenvalue weighted by Crippen LogP contribution is 2.26. The maximum absolute atomic E-state index is 12.5. The summed E-state index contributed by atoms with van der Waals surface area (Å²) in [6.45, 7) is 5.88. The number of phenolic OH excluding ortho intramolecular Hbond substituents is 1. The summed E-state index contributed by atoms with van der Waals surface area (Å²) >= 11 is 0. The number of aromatic hydroxyl groups is 1. The Morgan fingerprint density at radius 2 is 1.87 bits per heavy atom. The molecule has 0 aliphatic carbocycles. The molecule has 3 N–H and O–H groups in total. The van der Waals surface area contributed by atoms with Crippen LogP contribution in [0.2, 0.25) is 0 Å². The molecular weight excluding hydrogens is 386 g/mol. The first-order valence-corrected chi connectivity index (χ1v) is 9.59. The van der Waals surface area contributed by atoms with Gasteiger partial charge >= 0.3 is 0 Å². The first-order valence-electron chi connectivity index (χ1n) is 9.59. The van der Waals surface area contributed by atoms with Crippen molar-refractivity contribution in [3.63, 3.8) is 0 Å². The standard InChI is InChI=1S/C22H27N3O5/c1-5-30-19-12-15(6-11-18(19)26)13-23-25-22(28)20(14(2)3)24-21(27)16-7-9-17(29-4)10-8-16/h6-14,20,26H,5H2,1-4H3,(H,24,27)(H,25,28). The second-order valence-electron chi connectivity index (χ2n) is 6.82. The van der Waals surface area contributed by atoms with Gasteiger partial charge in [0, 0.05) is 5.56 Å². The number of nitrogens with one attached hydrogen (secondary N) is 2. The number of hydrazone groups is 1. The molecule has 0 bridgehead atoms. The summed E-state index contributed by atoms with van der Waals surface area (Å²) in [5, 5.41) is 16.4. The van der Waals surface area contributed by atoms with E-state index in [4.69, 9.17) is 9.47 Å². The average Bonchev–Trinajstić information content (AvgIpc) is 2.74. The summed E-state index contributed by atoms with van der Waals surface area (Å²) in [5.74, 6) is 0.0439. The number of carbonyl (C=O) groups is 2. The van der Waals surface area contributed by atoms with Crippen LogP contribution >= 0.6 is 0 Å². The number of nitrogens with zero attached hydrogens (tertiary/aromatic N) is 1. The Hall–Kier alpha value is -3.55. The van der Waals surface area contributed by atoms with Crippen molar-refractivity contribution in [3.8, 4) is 17.2 Å². The van der Waals surface area contributed by atoms with Crippen LogP contribution in [0.4, 0.5) is 0 Å². The Kier molecular flexibility index (Phi) is 8.22. The smallest absolute Gasteiger partial charge is 0.262 e. The molecule has 0 saturated heterocycles. The number of carbonyl (C=O) groups excluding carboxylic acids is 2. The lowest BCUT2D eigenvalue weighted by Gasteiger charge is -2.20. The fourth-order valence-corrected chi connectivity index (χ4v) is 2.62. The number of methoxy groups -OCH3 is 1. The molecule has 0 spiro atoms. The van der Waals surface area contributed by atoms with Crippen molar-refractivity contribution >= 4 is 18.0 Å². The Balaban J connectivity index is 2.02. The molecule has 0 radical (unpaired) electrons. The minimum absolute atomic E-state index is 0.0270. The molecule has 0 aromatic heterocycles. The van der Waals surface area contributed by atoms with E-state index < -0.39 is 11.9 Å². The van der Waals surface area contributed by atoms with E-state index >= 15 is 0 Å². The lowest BCUT2D eigenvalue weighted by molar-refractivity contribution is -0.123. The molecule has 0 aliphatic heterocycles. The maximum Gasteiger partial charge on any atom is 0.262 e. The Labute approximate surface area is 175 Å². The SMILES string of the molecule is CCOc1cc(C=NNC(=O)C(NC(=O)c2ccc(OC)cc2)C(C)C)ccc1O. The summed E-state index contributed by atoms with van der Waals surface area (Å²) in [7, 11) is 1.55. The Morgan fingerprint density at radius 3 is 2.47 bits per heavy atom. The van der Waals surface area contributed by atoms with E-state index in [-0.39, 0.29) is 17.6 Å².